The number of hydrogen-bond acceptors (Lipinski definition) is 4. The summed E-state index contributed by atoms with van der Waals surface area (Å²) >= 11 is 0. The highest BCUT2D eigenvalue weighted by Crippen LogP contribution is 2.24. The predicted molar refractivity (Wildman–Crippen MR) is 132 cm³/mol. The molecule has 180 valence electrons. The lowest BCUT2D eigenvalue weighted by atomic mass is 9.87. The fraction of sp³-hybridized carbons (Fsp3) is 0.481. The number of rotatable bonds is 10. The van der Waals surface area contributed by atoms with Crippen molar-refractivity contribution < 1.29 is 19.1 Å². The first-order valence-electron chi connectivity index (χ1n) is 11.5. The first-order valence-corrected chi connectivity index (χ1v) is 11.5. The third kappa shape index (κ3) is 7.81. The summed E-state index contributed by atoms with van der Waals surface area (Å²) in [6, 6.07) is 14.7. The van der Waals surface area contributed by atoms with Crippen LogP contribution in [0.25, 0.3) is 0 Å². The minimum atomic E-state index is -0.599. The molecule has 0 heterocycles. The standard InChI is InChI=1S/C27H38N2O4/c1-8-24(26(31)28-19(2)3)29(17-20-10-9-11-23(16-20)32-7)25(30)18-33-22-14-12-21(13-15-22)27(4,5)6/h9-16,19,24H,8,17-18H2,1-7H3,(H,28,31). The average Bonchev–Trinajstić information content (AvgIpc) is 2.76. The molecule has 0 aromatic heterocycles. The second kappa shape index (κ2) is 11.7. The predicted octanol–water partition coefficient (Wildman–Crippen LogP) is 4.70. The van der Waals surface area contributed by atoms with Gasteiger partial charge in [0.25, 0.3) is 5.91 Å². The summed E-state index contributed by atoms with van der Waals surface area (Å²) in [5.41, 5.74) is 2.12. The van der Waals surface area contributed by atoms with Crippen LogP contribution in [0.1, 0.15) is 59.1 Å². The van der Waals surface area contributed by atoms with Crippen molar-refractivity contribution in [2.45, 2.75) is 72.0 Å². The Kier molecular flexibility index (Phi) is 9.32. The Bertz CT molecular complexity index is 916. The minimum Gasteiger partial charge on any atom is -0.497 e. The lowest BCUT2D eigenvalue weighted by molar-refractivity contribution is -0.143. The molecule has 0 aliphatic heterocycles. The molecule has 0 saturated heterocycles. The van der Waals surface area contributed by atoms with Crippen molar-refractivity contribution >= 4 is 11.8 Å². The van der Waals surface area contributed by atoms with Crippen LogP contribution in [0.15, 0.2) is 48.5 Å². The average molecular weight is 455 g/mol. The molecule has 1 N–H and O–H groups in total. The topological polar surface area (TPSA) is 67.9 Å². The highest BCUT2D eigenvalue weighted by molar-refractivity contribution is 5.88. The van der Waals surface area contributed by atoms with Crippen LogP contribution in [0.3, 0.4) is 0 Å². The van der Waals surface area contributed by atoms with Gasteiger partial charge in [-0.25, -0.2) is 0 Å². The van der Waals surface area contributed by atoms with Crippen LogP contribution in [0, 0.1) is 0 Å². The molecule has 0 fully saturated rings. The zero-order valence-electron chi connectivity index (χ0n) is 21.0. The van der Waals surface area contributed by atoms with Gasteiger partial charge in [-0.2, -0.15) is 0 Å². The summed E-state index contributed by atoms with van der Waals surface area (Å²) < 4.78 is 11.1. The molecule has 0 bridgehead atoms. The summed E-state index contributed by atoms with van der Waals surface area (Å²) in [6.45, 7) is 12.3. The maximum absolute atomic E-state index is 13.3. The van der Waals surface area contributed by atoms with Crippen LogP contribution in [0.5, 0.6) is 11.5 Å². The van der Waals surface area contributed by atoms with E-state index in [0.29, 0.717) is 17.9 Å². The van der Waals surface area contributed by atoms with Gasteiger partial charge in [0.15, 0.2) is 6.61 Å². The third-order valence-corrected chi connectivity index (χ3v) is 5.39. The number of nitrogens with zero attached hydrogens (tertiary/aromatic N) is 1. The van der Waals surface area contributed by atoms with Gasteiger partial charge in [0, 0.05) is 12.6 Å². The van der Waals surface area contributed by atoms with Crippen molar-refractivity contribution in [1.29, 1.82) is 0 Å². The van der Waals surface area contributed by atoms with E-state index in [1.165, 1.54) is 5.56 Å². The van der Waals surface area contributed by atoms with Crippen LogP contribution < -0.4 is 14.8 Å². The van der Waals surface area contributed by atoms with Crippen molar-refractivity contribution in [1.82, 2.24) is 10.2 Å². The summed E-state index contributed by atoms with van der Waals surface area (Å²) in [6.07, 6.45) is 0.495. The van der Waals surface area contributed by atoms with E-state index in [9.17, 15) is 9.59 Å². The van der Waals surface area contributed by atoms with Gasteiger partial charge in [0.2, 0.25) is 5.91 Å². The summed E-state index contributed by atoms with van der Waals surface area (Å²) in [5, 5.41) is 2.93. The van der Waals surface area contributed by atoms with Gasteiger partial charge < -0.3 is 19.7 Å². The monoisotopic (exact) mass is 454 g/mol. The van der Waals surface area contributed by atoms with Crippen LogP contribution >= 0.6 is 0 Å². The number of nitrogens with one attached hydrogen (secondary N) is 1. The second-order valence-electron chi connectivity index (χ2n) is 9.52. The smallest absolute Gasteiger partial charge is 0.261 e. The number of amides is 2. The minimum absolute atomic E-state index is 0.0158. The normalized spacial score (nSPS) is 12.2. The van der Waals surface area contributed by atoms with Gasteiger partial charge in [-0.15, -0.1) is 0 Å². The molecule has 6 heteroatoms. The molecule has 2 aromatic carbocycles. The number of methoxy groups -OCH3 is 1. The second-order valence-corrected chi connectivity index (χ2v) is 9.52. The van der Waals surface area contributed by atoms with Crippen LogP contribution in [0.4, 0.5) is 0 Å². The van der Waals surface area contributed by atoms with Gasteiger partial charge in [-0.05, 0) is 61.1 Å². The quantitative estimate of drug-likeness (QED) is 0.565. The lowest BCUT2D eigenvalue weighted by Crippen LogP contribution is -2.51. The van der Waals surface area contributed by atoms with Crippen LogP contribution in [-0.4, -0.2) is 42.5 Å². The lowest BCUT2D eigenvalue weighted by Gasteiger charge is -2.31. The van der Waals surface area contributed by atoms with E-state index >= 15 is 0 Å². The molecular formula is C27H38N2O4. The van der Waals surface area contributed by atoms with Crippen molar-refractivity contribution in [3.63, 3.8) is 0 Å². The Hall–Kier alpha value is -3.02. The molecule has 33 heavy (non-hydrogen) atoms. The van der Waals surface area contributed by atoms with Gasteiger partial charge in [-0.3, -0.25) is 9.59 Å². The van der Waals surface area contributed by atoms with Crippen LogP contribution in [-0.2, 0) is 21.5 Å². The molecule has 0 radical (unpaired) electrons. The van der Waals surface area contributed by atoms with Gasteiger partial charge in [0.1, 0.15) is 17.5 Å². The van der Waals surface area contributed by atoms with E-state index in [0.717, 1.165) is 5.56 Å². The van der Waals surface area contributed by atoms with Crippen molar-refractivity contribution in [3.05, 3.63) is 59.7 Å². The van der Waals surface area contributed by atoms with E-state index in [2.05, 4.69) is 26.1 Å². The zero-order chi connectivity index (χ0) is 24.6. The third-order valence-electron chi connectivity index (χ3n) is 5.39. The highest BCUT2D eigenvalue weighted by atomic mass is 16.5. The molecule has 0 saturated carbocycles. The molecule has 1 unspecified atom stereocenters. The number of ether oxygens (including phenoxy) is 2. The van der Waals surface area contributed by atoms with Gasteiger partial charge in [-0.1, -0.05) is 52.0 Å². The molecule has 6 nitrogen and oxygen atoms in total. The summed E-state index contributed by atoms with van der Waals surface area (Å²) in [7, 11) is 1.60. The summed E-state index contributed by atoms with van der Waals surface area (Å²) in [4.78, 5) is 27.8. The molecule has 2 amide bonds. The Balaban J connectivity index is 2.21. The van der Waals surface area contributed by atoms with Crippen LogP contribution in [0.2, 0.25) is 0 Å². The van der Waals surface area contributed by atoms with Crippen molar-refractivity contribution in [3.8, 4) is 11.5 Å². The largest absolute Gasteiger partial charge is 0.497 e. The van der Waals surface area contributed by atoms with E-state index in [1.54, 1.807) is 12.0 Å². The fourth-order valence-electron chi connectivity index (χ4n) is 3.55. The van der Waals surface area contributed by atoms with Gasteiger partial charge >= 0.3 is 0 Å². The maximum atomic E-state index is 13.3. The molecule has 0 aliphatic carbocycles. The Morgan fingerprint density at radius 3 is 2.24 bits per heavy atom. The maximum Gasteiger partial charge on any atom is 0.261 e. The molecular weight excluding hydrogens is 416 g/mol. The number of carbonyl (C=O) groups excluding carboxylic acids is 2. The van der Waals surface area contributed by atoms with Crippen molar-refractivity contribution in [2.75, 3.05) is 13.7 Å². The Morgan fingerprint density at radius 1 is 1.03 bits per heavy atom. The van der Waals surface area contributed by atoms with Crippen molar-refractivity contribution in [2.24, 2.45) is 0 Å². The Labute approximate surface area is 198 Å². The summed E-state index contributed by atoms with van der Waals surface area (Å²) in [5.74, 6) is 0.911. The molecule has 2 aromatic rings. The first-order chi connectivity index (χ1) is 15.5. The van der Waals surface area contributed by atoms with E-state index < -0.39 is 6.04 Å². The molecule has 0 spiro atoms. The SMILES string of the molecule is CCC(C(=O)NC(C)C)N(Cc1cccc(OC)c1)C(=O)COc1ccc(C(C)(C)C)cc1. The van der Waals surface area contributed by atoms with E-state index in [4.69, 9.17) is 9.47 Å². The molecule has 0 aliphatic rings. The first kappa shape index (κ1) is 26.2. The fourth-order valence-corrected chi connectivity index (χ4v) is 3.55. The number of carbonyl (C=O) groups is 2. The zero-order valence-corrected chi connectivity index (χ0v) is 21.0. The highest BCUT2D eigenvalue weighted by Gasteiger charge is 2.29. The number of hydrogen-bond donors (Lipinski definition) is 1. The molecule has 2 rings (SSSR count). The number of benzene rings is 2. The van der Waals surface area contributed by atoms with E-state index in [1.807, 2.05) is 69.3 Å². The Morgan fingerprint density at radius 2 is 1.70 bits per heavy atom. The van der Waals surface area contributed by atoms with E-state index in [-0.39, 0.29) is 36.4 Å². The molecule has 1 atom stereocenters. The van der Waals surface area contributed by atoms with Gasteiger partial charge in [0.05, 0.1) is 7.11 Å².